The van der Waals surface area contributed by atoms with E-state index < -0.39 is 17.9 Å². The SMILES string of the molecule is Cc1ccnc2nc(C(=O)NC(C(=O)O)C3CCCOC3)nn12. The van der Waals surface area contributed by atoms with Crippen LogP contribution in [0.1, 0.15) is 29.2 Å². The van der Waals surface area contributed by atoms with Crippen molar-refractivity contribution in [3.05, 3.63) is 23.8 Å². The average Bonchev–Trinajstić information content (AvgIpc) is 2.99. The van der Waals surface area contributed by atoms with Gasteiger partial charge in [0, 0.05) is 24.4 Å². The minimum atomic E-state index is -1.09. The first-order chi connectivity index (χ1) is 11.1. The van der Waals surface area contributed by atoms with Crippen LogP contribution >= 0.6 is 0 Å². The monoisotopic (exact) mass is 319 g/mol. The fourth-order valence-corrected chi connectivity index (χ4v) is 2.62. The molecular weight excluding hydrogens is 302 g/mol. The van der Waals surface area contributed by atoms with E-state index in [1.165, 1.54) is 4.52 Å². The number of carbonyl (C=O) groups is 2. The molecule has 0 spiro atoms. The molecule has 2 unspecified atom stereocenters. The Hall–Kier alpha value is -2.55. The zero-order chi connectivity index (χ0) is 16.4. The number of nitrogens with zero attached hydrogens (tertiary/aromatic N) is 4. The number of hydrogen-bond donors (Lipinski definition) is 2. The lowest BCUT2D eigenvalue weighted by Crippen LogP contribution is -2.48. The van der Waals surface area contributed by atoms with Crippen LogP contribution in [0.2, 0.25) is 0 Å². The van der Waals surface area contributed by atoms with Gasteiger partial charge in [0.2, 0.25) is 5.82 Å². The van der Waals surface area contributed by atoms with E-state index in [4.69, 9.17) is 4.74 Å². The Bertz CT molecular complexity index is 738. The summed E-state index contributed by atoms with van der Waals surface area (Å²) < 4.78 is 6.74. The van der Waals surface area contributed by atoms with Crippen LogP contribution in [0.15, 0.2) is 12.3 Å². The number of nitrogens with one attached hydrogen (secondary N) is 1. The fourth-order valence-electron chi connectivity index (χ4n) is 2.62. The van der Waals surface area contributed by atoms with Gasteiger partial charge in [-0.25, -0.2) is 14.3 Å². The second-order valence-corrected chi connectivity index (χ2v) is 5.50. The lowest BCUT2D eigenvalue weighted by atomic mass is 9.93. The van der Waals surface area contributed by atoms with Crippen molar-refractivity contribution in [1.29, 1.82) is 0 Å². The second-order valence-electron chi connectivity index (χ2n) is 5.50. The highest BCUT2D eigenvalue weighted by Gasteiger charge is 2.32. The molecular formula is C14H17N5O4. The number of aryl methyl sites for hydroxylation is 1. The number of carboxylic acid groups (broad SMARTS) is 1. The van der Waals surface area contributed by atoms with Gasteiger partial charge in [-0.1, -0.05) is 0 Å². The Morgan fingerprint density at radius 2 is 2.35 bits per heavy atom. The molecule has 1 amide bonds. The molecule has 1 aliphatic heterocycles. The Kier molecular flexibility index (Phi) is 4.20. The van der Waals surface area contributed by atoms with Crippen molar-refractivity contribution in [1.82, 2.24) is 24.9 Å². The van der Waals surface area contributed by atoms with Gasteiger partial charge in [0.15, 0.2) is 0 Å². The van der Waals surface area contributed by atoms with Gasteiger partial charge in [0.1, 0.15) is 6.04 Å². The molecule has 2 aromatic heterocycles. The summed E-state index contributed by atoms with van der Waals surface area (Å²) in [5.74, 6) is -1.79. The Labute approximate surface area is 131 Å². The van der Waals surface area contributed by atoms with Gasteiger partial charge in [-0.2, -0.15) is 4.98 Å². The van der Waals surface area contributed by atoms with Crippen LogP contribution in [0, 0.1) is 12.8 Å². The number of ether oxygens (including phenoxy) is 1. The summed E-state index contributed by atoms with van der Waals surface area (Å²) in [5.41, 5.74) is 0.775. The van der Waals surface area contributed by atoms with Gasteiger partial charge < -0.3 is 15.2 Å². The third-order valence-electron chi connectivity index (χ3n) is 3.85. The van der Waals surface area contributed by atoms with Gasteiger partial charge in [-0.3, -0.25) is 4.79 Å². The highest BCUT2D eigenvalue weighted by atomic mass is 16.5. The molecule has 3 heterocycles. The van der Waals surface area contributed by atoms with E-state index in [9.17, 15) is 14.7 Å². The summed E-state index contributed by atoms with van der Waals surface area (Å²) in [5, 5.41) is 16.0. The lowest BCUT2D eigenvalue weighted by Gasteiger charge is -2.27. The summed E-state index contributed by atoms with van der Waals surface area (Å²) in [6.07, 6.45) is 3.04. The zero-order valence-corrected chi connectivity index (χ0v) is 12.6. The standard InChI is InChI=1S/C14H17N5O4/c1-8-4-5-15-14-17-11(18-19(8)14)12(20)16-10(13(21)22)9-3-2-6-23-7-9/h4-5,9-10H,2-3,6-7H2,1H3,(H,16,20)(H,21,22). The largest absolute Gasteiger partial charge is 0.480 e. The number of rotatable bonds is 4. The predicted molar refractivity (Wildman–Crippen MR) is 78.0 cm³/mol. The second kappa shape index (κ2) is 6.29. The number of aliphatic carboxylic acids is 1. The maximum Gasteiger partial charge on any atom is 0.326 e. The maximum atomic E-state index is 12.3. The van der Waals surface area contributed by atoms with Crippen molar-refractivity contribution in [2.24, 2.45) is 5.92 Å². The van der Waals surface area contributed by atoms with Gasteiger partial charge in [-0.05, 0) is 25.8 Å². The van der Waals surface area contributed by atoms with E-state index >= 15 is 0 Å². The van der Waals surface area contributed by atoms with Crippen molar-refractivity contribution >= 4 is 17.7 Å². The number of carboxylic acids is 1. The van der Waals surface area contributed by atoms with Crippen LogP contribution in [-0.2, 0) is 9.53 Å². The van der Waals surface area contributed by atoms with E-state index in [0.717, 1.165) is 12.1 Å². The van der Waals surface area contributed by atoms with Crippen LogP contribution in [0.3, 0.4) is 0 Å². The molecule has 1 aliphatic rings. The maximum absolute atomic E-state index is 12.3. The van der Waals surface area contributed by atoms with Crippen LogP contribution in [-0.4, -0.2) is 55.8 Å². The molecule has 3 rings (SSSR count). The number of hydrogen-bond acceptors (Lipinski definition) is 6. The van der Waals surface area contributed by atoms with E-state index in [1.807, 2.05) is 6.92 Å². The quantitative estimate of drug-likeness (QED) is 0.816. The minimum absolute atomic E-state index is 0.102. The van der Waals surface area contributed by atoms with E-state index in [0.29, 0.717) is 25.4 Å². The van der Waals surface area contributed by atoms with Gasteiger partial charge in [0.25, 0.3) is 11.7 Å². The Balaban J connectivity index is 1.80. The highest BCUT2D eigenvalue weighted by Crippen LogP contribution is 2.18. The number of fused-ring (bicyclic) bond motifs is 1. The summed E-state index contributed by atoms with van der Waals surface area (Å²) in [6, 6.07) is 0.714. The number of aromatic nitrogens is 4. The summed E-state index contributed by atoms with van der Waals surface area (Å²) in [6.45, 7) is 2.75. The Morgan fingerprint density at radius 3 is 3.00 bits per heavy atom. The van der Waals surface area contributed by atoms with E-state index in [-0.39, 0.29) is 11.7 Å². The zero-order valence-electron chi connectivity index (χ0n) is 12.6. The van der Waals surface area contributed by atoms with Gasteiger partial charge in [-0.15, -0.1) is 5.10 Å². The van der Waals surface area contributed by atoms with Crippen molar-refractivity contribution in [2.45, 2.75) is 25.8 Å². The summed E-state index contributed by atoms with van der Waals surface area (Å²) in [7, 11) is 0. The average molecular weight is 319 g/mol. The number of amides is 1. The van der Waals surface area contributed by atoms with Crippen LogP contribution in [0.5, 0.6) is 0 Å². The molecule has 23 heavy (non-hydrogen) atoms. The molecule has 2 aromatic rings. The lowest BCUT2D eigenvalue weighted by molar-refractivity contribution is -0.142. The molecule has 9 heteroatoms. The fraction of sp³-hybridized carbons (Fsp3) is 0.500. The third-order valence-corrected chi connectivity index (χ3v) is 3.85. The first-order valence-electron chi connectivity index (χ1n) is 7.36. The van der Waals surface area contributed by atoms with Gasteiger partial charge >= 0.3 is 5.97 Å². The first-order valence-corrected chi connectivity index (χ1v) is 7.36. The number of carbonyl (C=O) groups excluding carboxylic acids is 1. The van der Waals surface area contributed by atoms with Crippen LogP contribution in [0.4, 0.5) is 0 Å². The third kappa shape index (κ3) is 3.14. The normalized spacial score (nSPS) is 19.4. The van der Waals surface area contributed by atoms with Crippen molar-refractivity contribution in [3.63, 3.8) is 0 Å². The summed E-state index contributed by atoms with van der Waals surface area (Å²) in [4.78, 5) is 31.8. The molecule has 1 saturated heterocycles. The topological polar surface area (TPSA) is 119 Å². The minimum Gasteiger partial charge on any atom is -0.480 e. The molecule has 122 valence electrons. The molecule has 0 aromatic carbocycles. The molecule has 0 bridgehead atoms. The molecule has 0 saturated carbocycles. The first kappa shape index (κ1) is 15.3. The molecule has 0 aliphatic carbocycles. The van der Waals surface area contributed by atoms with Crippen LogP contribution in [0.25, 0.3) is 5.78 Å². The molecule has 2 N–H and O–H groups in total. The molecule has 0 radical (unpaired) electrons. The van der Waals surface area contributed by atoms with Crippen molar-refractivity contribution in [3.8, 4) is 0 Å². The Morgan fingerprint density at radius 1 is 1.52 bits per heavy atom. The molecule has 1 fully saturated rings. The molecule has 2 atom stereocenters. The van der Waals surface area contributed by atoms with E-state index in [2.05, 4.69) is 20.4 Å². The highest BCUT2D eigenvalue weighted by molar-refractivity contribution is 5.93. The van der Waals surface area contributed by atoms with Crippen LogP contribution < -0.4 is 5.32 Å². The van der Waals surface area contributed by atoms with E-state index in [1.54, 1.807) is 12.3 Å². The van der Waals surface area contributed by atoms with Crippen molar-refractivity contribution in [2.75, 3.05) is 13.2 Å². The van der Waals surface area contributed by atoms with Crippen molar-refractivity contribution < 1.29 is 19.4 Å². The smallest absolute Gasteiger partial charge is 0.326 e. The summed E-state index contributed by atoms with van der Waals surface area (Å²) >= 11 is 0. The molecule has 9 nitrogen and oxygen atoms in total. The predicted octanol–water partition coefficient (Wildman–Crippen LogP) is 0.0423. The van der Waals surface area contributed by atoms with Gasteiger partial charge in [0.05, 0.1) is 6.61 Å².